The molecule has 0 atom stereocenters. The topological polar surface area (TPSA) is 58.6 Å². The van der Waals surface area contributed by atoms with Gasteiger partial charge < -0.3 is 15.2 Å². The van der Waals surface area contributed by atoms with Gasteiger partial charge in [-0.15, -0.1) is 0 Å². The maximum absolute atomic E-state index is 12.3. The van der Waals surface area contributed by atoms with Crippen molar-refractivity contribution in [1.82, 2.24) is 5.32 Å². The Morgan fingerprint density at radius 1 is 1.17 bits per heavy atom. The Hall–Kier alpha value is -0.870. The molecule has 23 heavy (non-hydrogen) atoms. The third-order valence-electron chi connectivity index (χ3n) is 7.01. The van der Waals surface area contributed by atoms with E-state index in [0.29, 0.717) is 25.2 Å². The predicted octanol–water partition coefficient (Wildman–Crippen LogP) is 2.27. The van der Waals surface area contributed by atoms with E-state index in [9.17, 15) is 9.90 Å². The van der Waals surface area contributed by atoms with Crippen LogP contribution in [-0.4, -0.2) is 37.4 Å². The highest BCUT2D eigenvalue weighted by molar-refractivity contribution is 5.88. The SMILES string of the molecule is C/C(=C/C(=O)NCC1(CO)COC1)C12CC3CC(CC(C3)C1)C2. The van der Waals surface area contributed by atoms with Crippen molar-refractivity contribution in [1.29, 1.82) is 0 Å². The summed E-state index contributed by atoms with van der Waals surface area (Å²) in [6, 6.07) is 0. The molecule has 2 N–H and O–H groups in total. The highest BCUT2D eigenvalue weighted by Crippen LogP contribution is 2.62. The van der Waals surface area contributed by atoms with Gasteiger partial charge in [-0.3, -0.25) is 4.79 Å². The minimum Gasteiger partial charge on any atom is -0.396 e. The number of nitrogens with one attached hydrogen (secondary N) is 1. The second-order valence-electron chi connectivity index (χ2n) is 8.89. The lowest BCUT2D eigenvalue weighted by Gasteiger charge is -2.57. The van der Waals surface area contributed by atoms with Crippen molar-refractivity contribution in [3.63, 3.8) is 0 Å². The van der Waals surface area contributed by atoms with Gasteiger partial charge in [0.1, 0.15) is 0 Å². The van der Waals surface area contributed by atoms with Gasteiger partial charge in [-0.2, -0.15) is 0 Å². The number of allylic oxidation sites excluding steroid dienone is 1. The fourth-order valence-electron chi connectivity index (χ4n) is 5.91. The van der Waals surface area contributed by atoms with Gasteiger partial charge in [0, 0.05) is 12.6 Å². The first-order chi connectivity index (χ1) is 11.0. The molecule has 0 aromatic carbocycles. The molecule has 4 nitrogen and oxygen atoms in total. The number of hydrogen-bond donors (Lipinski definition) is 2. The maximum Gasteiger partial charge on any atom is 0.243 e. The van der Waals surface area contributed by atoms with Crippen LogP contribution in [0.25, 0.3) is 0 Å². The minimum atomic E-state index is -0.252. The van der Waals surface area contributed by atoms with Gasteiger partial charge in [-0.25, -0.2) is 0 Å². The van der Waals surface area contributed by atoms with Crippen molar-refractivity contribution >= 4 is 5.91 Å². The van der Waals surface area contributed by atoms with Crippen LogP contribution in [0.3, 0.4) is 0 Å². The Balaban J connectivity index is 1.41. The van der Waals surface area contributed by atoms with Crippen LogP contribution in [0, 0.1) is 28.6 Å². The number of rotatable bonds is 5. The van der Waals surface area contributed by atoms with E-state index in [1.165, 1.54) is 44.1 Å². The predicted molar refractivity (Wildman–Crippen MR) is 87.7 cm³/mol. The van der Waals surface area contributed by atoms with Gasteiger partial charge in [-0.05, 0) is 68.6 Å². The molecule has 5 rings (SSSR count). The summed E-state index contributed by atoms with van der Waals surface area (Å²) in [5, 5.41) is 12.4. The lowest BCUT2D eigenvalue weighted by atomic mass is 9.48. The number of hydrogen-bond acceptors (Lipinski definition) is 3. The zero-order valence-corrected chi connectivity index (χ0v) is 14.1. The smallest absolute Gasteiger partial charge is 0.243 e. The summed E-state index contributed by atoms with van der Waals surface area (Å²) in [6.45, 7) is 3.84. The molecule has 0 unspecified atom stereocenters. The van der Waals surface area contributed by atoms with E-state index < -0.39 is 0 Å². The van der Waals surface area contributed by atoms with Crippen molar-refractivity contribution in [2.75, 3.05) is 26.4 Å². The van der Waals surface area contributed by atoms with Crippen LogP contribution >= 0.6 is 0 Å². The van der Waals surface area contributed by atoms with E-state index in [2.05, 4.69) is 12.2 Å². The lowest BCUT2D eigenvalue weighted by Crippen LogP contribution is -2.53. The average Bonchev–Trinajstić information content (AvgIpc) is 2.45. The van der Waals surface area contributed by atoms with Gasteiger partial charge in [0.05, 0.1) is 25.2 Å². The van der Waals surface area contributed by atoms with E-state index in [4.69, 9.17) is 4.74 Å². The fraction of sp³-hybridized carbons (Fsp3) is 0.842. The minimum absolute atomic E-state index is 0.00188. The normalized spacial score (nSPS) is 40.8. The molecule has 0 spiro atoms. The van der Waals surface area contributed by atoms with E-state index in [1.54, 1.807) is 0 Å². The third kappa shape index (κ3) is 2.74. The van der Waals surface area contributed by atoms with Crippen molar-refractivity contribution in [3.05, 3.63) is 11.6 Å². The second-order valence-corrected chi connectivity index (χ2v) is 8.89. The summed E-state index contributed by atoms with van der Waals surface area (Å²) in [4.78, 5) is 12.3. The van der Waals surface area contributed by atoms with Crippen molar-refractivity contribution in [2.45, 2.75) is 45.4 Å². The van der Waals surface area contributed by atoms with Gasteiger partial charge >= 0.3 is 0 Å². The van der Waals surface area contributed by atoms with Crippen LogP contribution in [0.5, 0.6) is 0 Å². The van der Waals surface area contributed by atoms with E-state index in [1.807, 2.05) is 6.08 Å². The first-order valence-electron chi connectivity index (χ1n) is 9.18. The Morgan fingerprint density at radius 2 is 1.74 bits per heavy atom. The van der Waals surface area contributed by atoms with Crippen LogP contribution in [0.4, 0.5) is 0 Å². The summed E-state index contributed by atoms with van der Waals surface area (Å²) in [5.41, 5.74) is 1.34. The fourth-order valence-corrected chi connectivity index (χ4v) is 5.91. The zero-order valence-electron chi connectivity index (χ0n) is 14.1. The van der Waals surface area contributed by atoms with E-state index in [0.717, 1.165) is 17.8 Å². The van der Waals surface area contributed by atoms with Crippen molar-refractivity contribution < 1.29 is 14.6 Å². The molecule has 4 heteroatoms. The quantitative estimate of drug-likeness (QED) is 0.764. The summed E-state index contributed by atoms with van der Waals surface area (Å²) in [7, 11) is 0. The number of aliphatic hydroxyl groups excluding tert-OH is 1. The highest BCUT2D eigenvalue weighted by Gasteiger charge is 2.51. The summed E-state index contributed by atoms with van der Waals surface area (Å²) in [6.07, 6.45) is 10.0. The van der Waals surface area contributed by atoms with Crippen LogP contribution < -0.4 is 5.32 Å². The Kier molecular flexibility index (Phi) is 3.80. The van der Waals surface area contributed by atoms with Crippen molar-refractivity contribution in [3.8, 4) is 0 Å². The molecular formula is C19H29NO3. The standard InChI is InChI=1S/C19H29NO3/c1-13(2-17(22)20-9-18(10-21)11-23-12-18)19-6-14-3-15(7-19)5-16(4-14)8-19/h2,14-16,21H,3-12H2,1H3,(H,20,22)/b13-2-. The number of ether oxygens (including phenoxy) is 1. The molecule has 4 aliphatic carbocycles. The molecule has 1 saturated heterocycles. The molecule has 4 saturated carbocycles. The largest absolute Gasteiger partial charge is 0.396 e. The molecule has 5 fully saturated rings. The Morgan fingerprint density at radius 3 is 2.17 bits per heavy atom. The van der Waals surface area contributed by atoms with Gasteiger partial charge in [0.2, 0.25) is 5.91 Å². The molecular weight excluding hydrogens is 290 g/mol. The molecule has 1 heterocycles. The molecule has 128 valence electrons. The third-order valence-corrected chi connectivity index (χ3v) is 7.01. The van der Waals surface area contributed by atoms with Crippen LogP contribution in [0.1, 0.15) is 45.4 Å². The molecule has 4 bridgehead atoms. The number of amides is 1. The Labute approximate surface area is 138 Å². The first kappa shape index (κ1) is 15.6. The van der Waals surface area contributed by atoms with Crippen molar-refractivity contribution in [2.24, 2.45) is 28.6 Å². The van der Waals surface area contributed by atoms with E-state index in [-0.39, 0.29) is 17.9 Å². The Bertz CT molecular complexity index is 480. The molecule has 1 amide bonds. The van der Waals surface area contributed by atoms with Crippen LogP contribution in [0.15, 0.2) is 11.6 Å². The molecule has 0 radical (unpaired) electrons. The van der Waals surface area contributed by atoms with Crippen LogP contribution in [0.2, 0.25) is 0 Å². The first-order valence-corrected chi connectivity index (χ1v) is 9.18. The molecule has 0 aromatic rings. The molecule has 0 aromatic heterocycles. The highest BCUT2D eigenvalue weighted by atomic mass is 16.5. The average molecular weight is 319 g/mol. The summed E-state index contributed by atoms with van der Waals surface area (Å²) in [5.74, 6) is 2.70. The van der Waals surface area contributed by atoms with Gasteiger partial charge in [0.15, 0.2) is 0 Å². The monoisotopic (exact) mass is 319 g/mol. The zero-order chi connectivity index (χ0) is 16.1. The molecule has 1 aliphatic heterocycles. The number of carbonyl (C=O) groups excluding carboxylic acids is 1. The van der Waals surface area contributed by atoms with Gasteiger partial charge in [-0.1, -0.05) is 5.57 Å². The van der Waals surface area contributed by atoms with E-state index >= 15 is 0 Å². The second kappa shape index (κ2) is 5.59. The number of aliphatic hydroxyl groups is 1. The van der Waals surface area contributed by atoms with Crippen LogP contribution in [-0.2, 0) is 9.53 Å². The summed E-state index contributed by atoms with van der Waals surface area (Å²) >= 11 is 0. The molecule has 5 aliphatic rings. The number of carbonyl (C=O) groups is 1. The lowest BCUT2D eigenvalue weighted by molar-refractivity contribution is -0.139. The van der Waals surface area contributed by atoms with Gasteiger partial charge in [0.25, 0.3) is 0 Å². The summed E-state index contributed by atoms with van der Waals surface area (Å²) < 4.78 is 5.18. The maximum atomic E-state index is 12.3.